The van der Waals surface area contributed by atoms with Crippen LogP contribution in [0.2, 0.25) is 0 Å². The molecule has 0 heterocycles. The van der Waals surface area contributed by atoms with Gasteiger partial charge in [-0.1, -0.05) is 30.3 Å². The molecule has 0 aliphatic rings. The maximum atomic E-state index is 12.5. The highest BCUT2D eigenvalue weighted by molar-refractivity contribution is 5.79. The Kier molecular flexibility index (Phi) is 7.49. The average molecular weight is 356 g/mol. The Bertz CT molecular complexity index is 702. The van der Waals surface area contributed by atoms with Gasteiger partial charge < -0.3 is 20.1 Å². The lowest BCUT2D eigenvalue weighted by Gasteiger charge is -2.22. The first-order valence-electron chi connectivity index (χ1n) is 8.45. The zero-order valence-electron chi connectivity index (χ0n) is 14.9. The normalized spacial score (nSPS) is 10.2. The van der Waals surface area contributed by atoms with Crippen LogP contribution in [0.4, 0.5) is 0 Å². The largest absolute Gasteiger partial charge is 0.497 e. The van der Waals surface area contributed by atoms with E-state index in [1.54, 1.807) is 36.3 Å². The predicted octanol–water partition coefficient (Wildman–Crippen LogP) is 2.02. The predicted molar refractivity (Wildman–Crippen MR) is 99.0 cm³/mol. The van der Waals surface area contributed by atoms with E-state index in [4.69, 9.17) is 15.2 Å². The number of benzene rings is 2. The summed E-state index contributed by atoms with van der Waals surface area (Å²) < 4.78 is 10.6. The van der Waals surface area contributed by atoms with E-state index in [-0.39, 0.29) is 25.5 Å². The second-order valence-electron chi connectivity index (χ2n) is 5.80. The van der Waals surface area contributed by atoms with Gasteiger partial charge in [-0.25, -0.2) is 0 Å². The summed E-state index contributed by atoms with van der Waals surface area (Å²) in [6.45, 7) is 0.689. The Morgan fingerprint density at radius 1 is 0.962 bits per heavy atom. The minimum atomic E-state index is -0.432. The number of methoxy groups -OCH3 is 1. The van der Waals surface area contributed by atoms with Crippen LogP contribution >= 0.6 is 0 Å². The number of hydrogen-bond acceptors (Lipinski definition) is 4. The highest BCUT2D eigenvalue weighted by Crippen LogP contribution is 2.17. The molecule has 0 aliphatic heterocycles. The van der Waals surface area contributed by atoms with Gasteiger partial charge in [0, 0.05) is 19.5 Å². The molecule has 2 aromatic carbocycles. The topological polar surface area (TPSA) is 81.9 Å². The monoisotopic (exact) mass is 356 g/mol. The molecule has 2 aromatic rings. The van der Waals surface area contributed by atoms with Gasteiger partial charge in [-0.05, 0) is 36.2 Å². The van der Waals surface area contributed by atoms with Crippen LogP contribution in [0.25, 0.3) is 0 Å². The molecule has 0 atom stereocenters. The molecule has 2 amide bonds. The van der Waals surface area contributed by atoms with Crippen LogP contribution in [0, 0.1) is 0 Å². The lowest BCUT2D eigenvalue weighted by atomic mass is 10.1. The number of nitrogens with two attached hydrogens (primary N) is 1. The zero-order valence-corrected chi connectivity index (χ0v) is 14.9. The minimum Gasteiger partial charge on any atom is -0.497 e. The molecule has 0 aromatic heterocycles. The van der Waals surface area contributed by atoms with Crippen molar-refractivity contribution in [3.05, 3.63) is 60.2 Å². The Morgan fingerprint density at radius 3 is 2.23 bits per heavy atom. The average Bonchev–Trinajstić information content (AvgIpc) is 2.67. The third kappa shape index (κ3) is 6.47. The van der Waals surface area contributed by atoms with Crippen molar-refractivity contribution in [1.82, 2.24) is 4.90 Å². The number of carbonyl (C=O) groups excluding carboxylic acids is 2. The summed E-state index contributed by atoms with van der Waals surface area (Å²) in [4.78, 5) is 25.2. The van der Waals surface area contributed by atoms with Gasteiger partial charge in [-0.2, -0.15) is 0 Å². The molecule has 0 saturated carbocycles. The van der Waals surface area contributed by atoms with E-state index in [1.807, 2.05) is 30.3 Å². The summed E-state index contributed by atoms with van der Waals surface area (Å²) in [6.07, 6.45) is 0.830. The molecule has 0 fully saturated rings. The van der Waals surface area contributed by atoms with Crippen molar-refractivity contribution in [2.24, 2.45) is 5.73 Å². The SMILES string of the molecule is COc1ccc(OCC(=O)N(CCC(N)=O)CCc2ccccc2)cc1. The maximum absolute atomic E-state index is 12.5. The molecule has 0 unspecified atom stereocenters. The van der Waals surface area contributed by atoms with Crippen molar-refractivity contribution in [3.63, 3.8) is 0 Å². The number of hydrogen-bond donors (Lipinski definition) is 1. The number of carbonyl (C=O) groups is 2. The highest BCUT2D eigenvalue weighted by Gasteiger charge is 2.15. The Hall–Kier alpha value is -3.02. The number of amides is 2. The lowest BCUT2D eigenvalue weighted by Crippen LogP contribution is -2.38. The first kappa shape index (κ1) is 19.3. The number of primary amides is 1. The molecule has 0 radical (unpaired) electrons. The van der Waals surface area contributed by atoms with E-state index in [0.29, 0.717) is 18.7 Å². The van der Waals surface area contributed by atoms with Gasteiger partial charge in [0.25, 0.3) is 5.91 Å². The van der Waals surface area contributed by atoms with E-state index in [0.717, 1.165) is 11.3 Å². The lowest BCUT2D eigenvalue weighted by molar-refractivity contribution is -0.133. The summed E-state index contributed by atoms with van der Waals surface area (Å²) in [5.74, 6) is 0.684. The molecule has 2 N–H and O–H groups in total. The van der Waals surface area contributed by atoms with E-state index in [1.165, 1.54) is 0 Å². The zero-order chi connectivity index (χ0) is 18.8. The Balaban J connectivity index is 1.91. The van der Waals surface area contributed by atoms with Gasteiger partial charge >= 0.3 is 0 Å². The molecule has 0 aliphatic carbocycles. The van der Waals surface area contributed by atoms with Crippen LogP contribution in [-0.2, 0) is 16.0 Å². The van der Waals surface area contributed by atoms with Gasteiger partial charge in [-0.3, -0.25) is 9.59 Å². The van der Waals surface area contributed by atoms with Gasteiger partial charge in [-0.15, -0.1) is 0 Å². The molecule has 6 nitrogen and oxygen atoms in total. The molecule has 2 rings (SSSR count). The molecule has 6 heteroatoms. The molecule has 138 valence electrons. The summed E-state index contributed by atoms with van der Waals surface area (Å²) >= 11 is 0. The highest BCUT2D eigenvalue weighted by atomic mass is 16.5. The quantitative estimate of drug-likeness (QED) is 0.706. The third-order valence-electron chi connectivity index (χ3n) is 3.92. The van der Waals surface area contributed by atoms with E-state index < -0.39 is 5.91 Å². The number of nitrogens with zero attached hydrogens (tertiary/aromatic N) is 1. The molecular formula is C20H24N2O4. The molecule has 26 heavy (non-hydrogen) atoms. The number of rotatable bonds is 10. The second kappa shape index (κ2) is 10.1. The van der Waals surface area contributed by atoms with Crippen molar-refractivity contribution in [1.29, 1.82) is 0 Å². The molecular weight excluding hydrogens is 332 g/mol. The van der Waals surface area contributed by atoms with Gasteiger partial charge in [0.2, 0.25) is 5.91 Å². The summed E-state index contributed by atoms with van der Waals surface area (Å²) in [6, 6.07) is 16.9. The first-order valence-corrected chi connectivity index (χ1v) is 8.45. The second-order valence-corrected chi connectivity index (χ2v) is 5.80. The van der Waals surface area contributed by atoms with Crippen LogP contribution < -0.4 is 15.2 Å². The third-order valence-corrected chi connectivity index (χ3v) is 3.92. The number of ether oxygens (including phenoxy) is 2. The fourth-order valence-electron chi connectivity index (χ4n) is 2.42. The Labute approximate surface area is 153 Å². The van der Waals surface area contributed by atoms with Crippen molar-refractivity contribution < 1.29 is 19.1 Å². The molecule has 0 bridgehead atoms. The Morgan fingerprint density at radius 2 is 1.62 bits per heavy atom. The van der Waals surface area contributed by atoms with Crippen LogP contribution in [0.1, 0.15) is 12.0 Å². The standard InChI is InChI=1S/C20H24N2O4/c1-25-17-7-9-18(10-8-17)26-15-20(24)22(14-12-19(21)23)13-11-16-5-3-2-4-6-16/h2-10H,11-15H2,1H3,(H2,21,23). The summed E-state index contributed by atoms with van der Waals surface area (Å²) in [5.41, 5.74) is 6.35. The molecule has 0 saturated heterocycles. The summed E-state index contributed by atoms with van der Waals surface area (Å²) in [5, 5.41) is 0. The fourth-order valence-corrected chi connectivity index (χ4v) is 2.42. The van der Waals surface area contributed by atoms with Gasteiger partial charge in [0.05, 0.1) is 7.11 Å². The van der Waals surface area contributed by atoms with Crippen LogP contribution in [-0.4, -0.2) is 43.5 Å². The van der Waals surface area contributed by atoms with Gasteiger partial charge in [0.15, 0.2) is 6.61 Å². The maximum Gasteiger partial charge on any atom is 0.260 e. The van der Waals surface area contributed by atoms with Crippen molar-refractivity contribution in [2.75, 3.05) is 26.8 Å². The van der Waals surface area contributed by atoms with Crippen molar-refractivity contribution in [2.45, 2.75) is 12.8 Å². The fraction of sp³-hybridized carbons (Fsp3) is 0.300. The van der Waals surface area contributed by atoms with Crippen molar-refractivity contribution in [3.8, 4) is 11.5 Å². The van der Waals surface area contributed by atoms with Crippen LogP contribution in [0.15, 0.2) is 54.6 Å². The van der Waals surface area contributed by atoms with E-state index in [2.05, 4.69) is 0 Å². The smallest absolute Gasteiger partial charge is 0.260 e. The van der Waals surface area contributed by atoms with Crippen molar-refractivity contribution >= 4 is 11.8 Å². The van der Waals surface area contributed by atoms with Crippen LogP contribution in [0.3, 0.4) is 0 Å². The first-order chi connectivity index (χ1) is 12.6. The summed E-state index contributed by atoms with van der Waals surface area (Å²) in [7, 11) is 1.59. The van der Waals surface area contributed by atoms with Crippen LogP contribution in [0.5, 0.6) is 11.5 Å². The van der Waals surface area contributed by atoms with Gasteiger partial charge in [0.1, 0.15) is 11.5 Å². The van der Waals surface area contributed by atoms with E-state index in [9.17, 15) is 9.59 Å². The molecule has 0 spiro atoms. The minimum absolute atomic E-state index is 0.0973. The van der Waals surface area contributed by atoms with E-state index >= 15 is 0 Å².